The lowest BCUT2D eigenvalue weighted by atomic mass is 10.2. The number of likely N-dealkylation sites (N-methyl/N-ethyl adjacent to an activating group) is 1. The molecule has 3 aromatic rings. The molecule has 0 aliphatic heterocycles. The standard InChI is InChI=1S/C25H26FN3O2S/c1-17-4-5-18(2)23(14-17)32-22-12-10-21(11-13-22)28-25(31)16-29(3)15-24(30)27-20-8-6-19(26)7-9-20/h4-14H,15-16H2,1-3H3,(H,27,30)(H,28,31). The fraction of sp³-hybridized carbons (Fsp3) is 0.200. The molecule has 0 spiro atoms. The van der Waals surface area contributed by atoms with Gasteiger partial charge in [-0.3, -0.25) is 14.5 Å². The van der Waals surface area contributed by atoms with E-state index < -0.39 is 0 Å². The van der Waals surface area contributed by atoms with Crippen LogP contribution in [0.25, 0.3) is 0 Å². The SMILES string of the molecule is Cc1ccc(C)c(Sc2ccc(NC(=O)CN(C)CC(=O)Nc3ccc(F)cc3)cc2)c1. The van der Waals surface area contributed by atoms with Crippen molar-refractivity contribution >= 4 is 35.0 Å². The van der Waals surface area contributed by atoms with Crippen molar-refractivity contribution in [1.29, 1.82) is 0 Å². The van der Waals surface area contributed by atoms with Gasteiger partial charge >= 0.3 is 0 Å². The summed E-state index contributed by atoms with van der Waals surface area (Å²) in [6.45, 7) is 4.27. The van der Waals surface area contributed by atoms with Gasteiger partial charge in [-0.1, -0.05) is 23.9 Å². The van der Waals surface area contributed by atoms with Gasteiger partial charge in [0.1, 0.15) is 5.82 Å². The number of amides is 2. The molecular formula is C25H26FN3O2S. The average molecular weight is 452 g/mol. The zero-order chi connectivity index (χ0) is 23.1. The largest absolute Gasteiger partial charge is 0.325 e. The molecule has 0 bridgehead atoms. The van der Waals surface area contributed by atoms with Gasteiger partial charge in [-0.05, 0) is 86.6 Å². The number of aryl methyl sites for hydroxylation is 2. The monoisotopic (exact) mass is 451 g/mol. The highest BCUT2D eigenvalue weighted by atomic mass is 32.2. The van der Waals surface area contributed by atoms with Crippen LogP contribution in [0, 0.1) is 19.7 Å². The summed E-state index contributed by atoms with van der Waals surface area (Å²) in [4.78, 5) is 28.3. The molecule has 166 valence electrons. The smallest absolute Gasteiger partial charge is 0.238 e. The molecule has 0 atom stereocenters. The van der Waals surface area contributed by atoms with Gasteiger partial charge in [0.2, 0.25) is 11.8 Å². The third-order valence-corrected chi connectivity index (χ3v) is 5.83. The normalized spacial score (nSPS) is 10.8. The van der Waals surface area contributed by atoms with Crippen molar-refractivity contribution in [3.8, 4) is 0 Å². The lowest BCUT2D eigenvalue weighted by molar-refractivity contribution is -0.119. The van der Waals surface area contributed by atoms with Gasteiger partial charge in [-0.2, -0.15) is 0 Å². The topological polar surface area (TPSA) is 61.4 Å². The second-order valence-electron chi connectivity index (χ2n) is 7.67. The molecule has 0 fully saturated rings. The van der Waals surface area contributed by atoms with E-state index in [2.05, 4.69) is 42.7 Å². The summed E-state index contributed by atoms with van der Waals surface area (Å²) in [5.41, 5.74) is 3.65. The minimum absolute atomic E-state index is 0.0379. The number of benzene rings is 3. The number of nitrogens with zero attached hydrogens (tertiary/aromatic N) is 1. The fourth-order valence-electron chi connectivity index (χ4n) is 3.03. The zero-order valence-electron chi connectivity index (χ0n) is 18.3. The Morgan fingerprint density at radius 2 is 1.38 bits per heavy atom. The molecule has 0 aliphatic rings. The van der Waals surface area contributed by atoms with Gasteiger partial charge in [0.05, 0.1) is 13.1 Å². The van der Waals surface area contributed by atoms with Crippen molar-refractivity contribution < 1.29 is 14.0 Å². The molecule has 0 saturated carbocycles. The highest BCUT2D eigenvalue weighted by Crippen LogP contribution is 2.31. The predicted octanol–water partition coefficient (Wildman–Crippen LogP) is 5.10. The fourth-order valence-corrected chi connectivity index (χ4v) is 4.03. The van der Waals surface area contributed by atoms with E-state index in [-0.39, 0.29) is 30.7 Å². The van der Waals surface area contributed by atoms with Crippen molar-refractivity contribution in [1.82, 2.24) is 4.90 Å². The Morgan fingerprint density at radius 1 is 0.844 bits per heavy atom. The summed E-state index contributed by atoms with van der Waals surface area (Å²) in [5, 5.41) is 5.53. The number of anilines is 2. The molecule has 3 aromatic carbocycles. The van der Waals surface area contributed by atoms with Gasteiger partial charge in [0.15, 0.2) is 0 Å². The Hall–Kier alpha value is -3.16. The molecule has 0 unspecified atom stereocenters. The zero-order valence-corrected chi connectivity index (χ0v) is 19.1. The second-order valence-corrected chi connectivity index (χ2v) is 8.79. The summed E-state index contributed by atoms with van der Waals surface area (Å²) >= 11 is 1.69. The van der Waals surface area contributed by atoms with Crippen LogP contribution in [-0.4, -0.2) is 36.9 Å². The van der Waals surface area contributed by atoms with Crippen molar-refractivity contribution in [3.63, 3.8) is 0 Å². The molecular weight excluding hydrogens is 425 g/mol. The van der Waals surface area contributed by atoms with E-state index in [0.717, 1.165) is 4.90 Å². The third-order valence-electron chi connectivity index (χ3n) is 4.66. The van der Waals surface area contributed by atoms with E-state index >= 15 is 0 Å². The number of halogens is 1. The minimum atomic E-state index is -0.367. The summed E-state index contributed by atoms with van der Waals surface area (Å²) < 4.78 is 12.9. The van der Waals surface area contributed by atoms with E-state index in [1.54, 1.807) is 23.7 Å². The lowest BCUT2D eigenvalue weighted by Gasteiger charge is -2.16. The molecule has 7 heteroatoms. The van der Waals surface area contributed by atoms with Crippen LogP contribution in [0.5, 0.6) is 0 Å². The van der Waals surface area contributed by atoms with E-state index in [0.29, 0.717) is 11.4 Å². The first kappa shape index (κ1) is 23.5. The second kappa shape index (κ2) is 10.9. The molecule has 2 N–H and O–H groups in total. The van der Waals surface area contributed by atoms with E-state index in [9.17, 15) is 14.0 Å². The van der Waals surface area contributed by atoms with Crippen molar-refractivity contribution in [3.05, 3.63) is 83.7 Å². The van der Waals surface area contributed by atoms with Crippen LogP contribution in [0.2, 0.25) is 0 Å². The molecule has 0 aliphatic carbocycles. The van der Waals surface area contributed by atoms with Crippen LogP contribution in [0.1, 0.15) is 11.1 Å². The van der Waals surface area contributed by atoms with Crippen LogP contribution in [0.3, 0.4) is 0 Å². The van der Waals surface area contributed by atoms with Crippen LogP contribution >= 0.6 is 11.8 Å². The van der Waals surface area contributed by atoms with E-state index in [1.807, 2.05) is 24.3 Å². The summed E-state index contributed by atoms with van der Waals surface area (Å²) in [6.07, 6.45) is 0. The number of carbonyl (C=O) groups is 2. The molecule has 3 rings (SSSR count). The maximum atomic E-state index is 12.9. The Balaban J connectivity index is 1.47. The van der Waals surface area contributed by atoms with Gasteiger partial charge in [0.25, 0.3) is 0 Å². The Labute approximate surface area is 192 Å². The summed E-state index contributed by atoms with van der Waals surface area (Å²) in [6, 6.07) is 19.6. The number of hydrogen-bond donors (Lipinski definition) is 2. The van der Waals surface area contributed by atoms with Crippen molar-refractivity contribution in [2.24, 2.45) is 0 Å². The molecule has 2 amide bonds. The summed E-state index contributed by atoms with van der Waals surface area (Å²) in [5.74, 6) is -0.856. The van der Waals surface area contributed by atoms with Crippen LogP contribution in [0.4, 0.5) is 15.8 Å². The average Bonchev–Trinajstić information content (AvgIpc) is 2.73. The van der Waals surface area contributed by atoms with Gasteiger partial charge in [-0.25, -0.2) is 4.39 Å². The van der Waals surface area contributed by atoms with Crippen molar-refractivity contribution in [2.75, 3.05) is 30.8 Å². The predicted molar refractivity (Wildman–Crippen MR) is 128 cm³/mol. The van der Waals surface area contributed by atoms with Gasteiger partial charge < -0.3 is 10.6 Å². The first-order valence-electron chi connectivity index (χ1n) is 10.2. The Kier molecular flexibility index (Phi) is 8.03. The highest BCUT2D eigenvalue weighted by Gasteiger charge is 2.12. The summed E-state index contributed by atoms with van der Waals surface area (Å²) in [7, 11) is 1.69. The van der Waals surface area contributed by atoms with Crippen LogP contribution in [-0.2, 0) is 9.59 Å². The maximum absolute atomic E-state index is 12.9. The molecule has 0 saturated heterocycles. The Morgan fingerprint density at radius 3 is 1.94 bits per heavy atom. The number of rotatable bonds is 8. The first-order chi connectivity index (χ1) is 15.3. The molecule has 0 aromatic heterocycles. The van der Waals surface area contributed by atoms with E-state index in [4.69, 9.17) is 0 Å². The molecule has 0 radical (unpaired) electrons. The van der Waals surface area contributed by atoms with Gasteiger partial charge in [0, 0.05) is 21.2 Å². The first-order valence-corrected chi connectivity index (χ1v) is 11.0. The highest BCUT2D eigenvalue weighted by molar-refractivity contribution is 7.99. The quantitative estimate of drug-likeness (QED) is 0.500. The van der Waals surface area contributed by atoms with Crippen molar-refractivity contribution in [2.45, 2.75) is 23.6 Å². The number of carbonyl (C=O) groups excluding carboxylic acids is 2. The van der Waals surface area contributed by atoms with Crippen LogP contribution in [0.15, 0.2) is 76.5 Å². The van der Waals surface area contributed by atoms with E-state index in [1.165, 1.54) is 40.3 Å². The maximum Gasteiger partial charge on any atom is 0.238 e. The third kappa shape index (κ3) is 7.21. The Bertz CT molecular complexity index is 1090. The molecule has 5 nitrogen and oxygen atoms in total. The minimum Gasteiger partial charge on any atom is -0.325 e. The number of nitrogens with one attached hydrogen (secondary N) is 2. The van der Waals surface area contributed by atoms with Crippen LogP contribution < -0.4 is 10.6 Å². The lowest BCUT2D eigenvalue weighted by Crippen LogP contribution is -2.36. The van der Waals surface area contributed by atoms with Gasteiger partial charge in [-0.15, -0.1) is 0 Å². The molecule has 32 heavy (non-hydrogen) atoms. The number of hydrogen-bond acceptors (Lipinski definition) is 4. The molecule has 0 heterocycles.